The summed E-state index contributed by atoms with van der Waals surface area (Å²) in [7, 11) is 0. The summed E-state index contributed by atoms with van der Waals surface area (Å²) in [6.45, 7) is 2.28. The molecule has 2 aliphatic heterocycles. The van der Waals surface area contributed by atoms with E-state index in [1.165, 1.54) is 18.3 Å². The van der Waals surface area contributed by atoms with Crippen LogP contribution in [-0.4, -0.2) is 61.0 Å². The molecule has 1 atom stereocenters. The second-order valence-corrected chi connectivity index (χ2v) is 6.60. The largest absolute Gasteiger partial charge is 0.478 e. The van der Waals surface area contributed by atoms with Crippen LogP contribution < -0.4 is 10.7 Å². The number of allylic oxidation sites excluding steroid dienone is 1. The van der Waals surface area contributed by atoms with Gasteiger partial charge in [0.1, 0.15) is 17.3 Å². The van der Waals surface area contributed by atoms with Gasteiger partial charge in [-0.05, 0) is 24.3 Å². The molecule has 10 heteroatoms. The lowest BCUT2D eigenvalue weighted by Crippen LogP contribution is -2.48. The van der Waals surface area contributed by atoms with E-state index in [1.54, 1.807) is 24.3 Å². The highest BCUT2D eigenvalue weighted by Crippen LogP contribution is 2.22. The Balaban J connectivity index is 1.37. The Bertz CT molecular complexity index is 1010. The number of nitrogens with zero attached hydrogens (tertiary/aromatic N) is 3. The quantitative estimate of drug-likeness (QED) is 0.491. The van der Waals surface area contributed by atoms with Crippen molar-refractivity contribution in [3.8, 4) is 11.3 Å². The number of aliphatic imine (C=N–C) groups is 1. The van der Waals surface area contributed by atoms with Crippen LogP contribution in [0.15, 0.2) is 62.6 Å². The van der Waals surface area contributed by atoms with E-state index in [0.717, 1.165) is 6.21 Å². The van der Waals surface area contributed by atoms with Gasteiger partial charge in [0.2, 0.25) is 6.29 Å². The number of morpholine rings is 1. The molecule has 4 rings (SSSR count). The number of nitrogens with one attached hydrogen (secondary N) is 2. The minimum absolute atomic E-state index is 0.179. The van der Waals surface area contributed by atoms with Crippen LogP contribution in [0.25, 0.3) is 11.3 Å². The third kappa shape index (κ3) is 4.49. The minimum atomic E-state index is -1.00. The molecule has 0 radical (unpaired) electrons. The summed E-state index contributed by atoms with van der Waals surface area (Å²) in [5.74, 6) is -0.0872. The van der Waals surface area contributed by atoms with E-state index in [-0.39, 0.29) is 5.56 Å². The van der Waals surface area contributed by atoms with Gasteiger partial charge in [0.25, 0.3) is 0 Å². The number of ether oxygens (including phenoxy) is 1. The van der Waals surface area contributed by atoms with Gasteiger partial charge in [0, 0.05) is 18.7 Å². The molecule has 2 aliphatic rings. The number of rotatable bonds is 6. The van der Waals surface area contributed by atoms with Gasteiger partial charge in [-0.2, -0.15) is 5.10 Å². The Morgan fingerprint density at radius 1 is 1.33 bits per heavy atom. The average Bonchev–Trinajstić information content (AvgIpc) is 3.24. The van der Waals surface area contributed by atoms with Gasteiger partial charge in [0.15, 0.2) is 5.83 Å². The summed E-state index contributed by atoms with van der Waals surface area (Å²) >= 11 is 0. The number of carboxylic acids is 1. The molecule has 0 aliphatic carbocycles. The van der Waals surface area contributed by atoms with Crippen LogP contribution in [-0.2, 0) is 4.74 Å². The van der Waals surface area contributed by atoms with Crippen LogP contribution in [0.5, 0.6) is 0 Å². The zero-order valence-corrected chi connectivity index (χ0v) is 15.9. The highest BCUT2D eigenvalue weighted by atomic mass is 19.1. The van der Waals surface area contributed by atoms with Crippen molar-refractivity contribution in [1.82, 2.24) is 15.6 Å². The zero-order valence-electron chi connectivity index (χ0n) is 15.9. The van der Waals surface area contributed by atoms with Crippen LogP contribution in [0.4, 0.5) is 4.39 Å². The number of furan rings is 1. The van der Waals surface area contributed by atoms with Gasteiger partial charge < -0.3 is 24.5 Å². The molecule has 30 heavy (non-hydrogen) atoms. The van der Waals surface area contributed by atoms with Crippen molar-refractivity contribution < 1.29 is 23.4 Å². The maximum absolute atomic E-state index is 14.1. The number of halogens is 1. The molecule has 0 amide bonds. The van der Waals surface area contributed by atoms with Gasteiger partial charge in [-0.1, -0.05) is 12.1 Å². The van der Waals surface area contributed by atoms with E-state index in [9.17, 15) is 9.18 Å². The molecular formula is C20H20FN5O4. The Morgan fingerprint density at radius 2 is 2.17 bits per heavy atom. The zero-order chi connectivity index (χ0) is 20.9. The molecule has 1 aromatic heterocycles. The van der Waals surface area contributed by atoms with Crippen molar-refractivity contribution >= 4 is 18.4 Å². The van der Waals surface area contributed by atoms with Crippen molar-refractivity contribution in [3.63, 3.8) is 0 Å². The lowest BCUT2D eigenvalue weighted by molar-refractivity contribution is 0.0476. The number of benzene rings is 1. The van der Waals surface area contributed by atoms with Crippen LogP contribution in [0.3, 0.4) is 0 Å². The molecule has 1 saturated heterocycles. The third-order valence-electron chi connectivity index (χ3n) is 4.57. The number of hydrogen-bond donors (Lipinski definition) is 3. The predicted molar refractivity (Wildman–Crippen MR) is 108 cm³/mol. The van der Waals surface area contributed by atoms with E-state index in [1.807, 2.05) is 4.90 Å². The summed E-state index contributed by atoms with van der Waals surface area (Å²) in [6.07, 6.45) is 2.00. The molecule has 0 bridgehead atoms. The highest BCUT2D eigenvalue weighted by Gasteiger charge is 2.22. The number of hydrogen-bond acceptors (Lipinski definition) is 8. The van der Waals surface area contributed by atoms with Crippen molar-refractivity contribution in [2.75, 3.05) is 26.3 Å². The first-order chi connectivity index (χ1) is 14.6. The molecule has 0 spiro atoms. The Kier molecular flexibility index (Phi) is 5.75. The lowest BCUT2D eigenvalue weighted by atomic mass is 10.1. The molecular weight excluding hydrogens is 393 g/mol. The predicted octanol–water partition coefficient (Wildman–Crippen LogP) is 2.00. The summed E-state index contributed by atoms with van der Waals surface area (Å²) in [6, 6.07) is 9.91. The monoisotopic (exact) mass is 413 g/mol. The highest BCUT2D eigenvalue weighted by molar-refractivity contribution is 5.89. The van der Waals surface area contributed by atoms with Gasteiger partial charge in [-0.3, -0.25) is 5.43 Å². The molecule has 1 unspecified atom stereocenters. The average molecular weight is 413 g/mol. The lowest BCUT2D eigenvalue weighted by Gasteiger charge is -2.34. The molecule has 1 fully saturated rings. The number of carbonyl (C=O) groups is 1. The van der Waals surface area contributed by atoms with Gasteiger partial charge in [0.05, 0.1) is 31.2 Å². The van der Waals surface area contributed by atoms with Gasteiger partial charge in [-0.15, -0.1) is 0 Å². The minimum Gasteiger partial charge on any atom is -0.478 e. The number of carboxylic acid groups (broad SMARTS) is 1. The maximum Gasteiger partial charge on any atom is 0.335 e. The first-order valence-corrected chi connectivity index (χ1v) is 9.34. The summed E-state index contributed by atoms with van der Waals surface area (Å²) in [5.41, 5.74) is 3.63. The summed E-state index contributed by atoms with van der Waals surface area (Å²) in [5, 5.41) is 16.2. The molecule has 0 saturated carbocycles. The van der Waals surface area contributed by atoms with Crippen LogP contribution in [0.2, 0.25) is 0 Å². The molecule has 9 nitrogen and oxygen atoms in total. The third-order valence-corrected chi connectivity index (χ3v) is 4.57. The molecule has 156 valence electrons. The Morgan fingerprint density at radius 3 is 2.97 bits per heavy atom. The normalized spacial score (nSPS) is 19.2. The SMILES string of the molecule is O=C(O)c1cccc(-c2ccc(/C=N/NC3N=CC(F)=C(N4CCOCC4)N3)o2)c1. The van der Waals surface area contributed by atoms with Crippen LogP contribution >= 0.6 is 0 Å². The molecule has 1 aromatic carbocycles. The van der Waals surface area contributed by atoms with E-state index in [4.69, 9.17) is 14.3 Å². The first kappa shape index (κ1) is 19.6. The topological polar surface area (TPSA) is 112 Å². The van der Waals surface area contributed by atoms with Crippen molar-refractivity contribution in [1.29, 1.82) is 0 Å². The fourth-order valence-electron chi connectivity index (χ4n) is 3.09. The number of hydrazone groups is 1. The van der Waals surface area contributed by atoms with E-state index in [0.29, 0.717) is 49.2 Å². The maximum atomic E-state index is 14.1. The van der Waals surface area contributed by atoms with E-state index in [2.05, 4.69) is 20.8 Å². The van der Waals surface area contributed by atoms with Crippen LogP contribution in [0.1, 0.15) is 16.1 Å². The molecule has 2 aromatic rings. The standard InChI is InChI=1S/C20H20FN5O4/c21-16-12-22-20(24-18(16)26-6-8-29-9-7-26)25-23-11-15-4-5-17(30-15)13-2-1-3-14(10-13)19(27)28/h1-5,10-12,20,24-25H,6-9H2,(H,27,28)/b23-11+. The number of aromatic carboxylic acids is 1. The van der Waals surface area contributed by atoms with Crippen molar-refractivity contribution in [2.24, 2.45) is 10.1 Å². The second-order valence-electron chi connectivity index (χ2n) is 6.60. The Labute approximate surface area is 171 Å². The molecule has 3 N–H and O–H groups in total. The smallest absolute Gasteiger partial charge is 0.335 e. The fourth-order valence-corrected chi connectivity index (χ4v) is 3.09. The van der Waals surface area contributed by atoms with Crippen molar-refractivity contribution in [2.45, 2.75) is 6.29 Å². The van der Waals surface area contributed by atoms with E-state index < -0.39 is 18.1 Å². The van der Waals surface area contributed by atoms with E-state index >= 15 is 0 Å². The summed E-state index contributed by atoms with van der Waals surface area (Å²) < 4.78 is 25.1. The summed E-state index contributed by atoms with van der Waals surface area (Å²) in [4.78, 5) is 17.0. The molecule has 3 heterocycles. The van der Waals surface area contributed by atoms with Crippen molar-refractivity contribution in [3.05, 3.63) is 59.4 Å². The second kappa shape index (κ2) is 8.78. The Hall–Kier alpha value is -3.66. The van der Waals surface area contributed by atoms with Gasteiger partial charge >= 0.3 is 5.97 Å². The van der Waals surface area contributed by atoms with Crippen LogP contribution in [0, 0.1) is 0 Å². The fraction of sp³-hybridized carbons (Fsp3) is 0.250. The van der Waals surface area contributed by atoms with Gasteiger partial charge in [-0.25, -0.2) is 14.2 Å². The first-order valence-electron chi connectivity index (χ1n) is 9.34.